The number of carboxylic acid groups (broad SMARTS) is 1. The molecule has 7 heteroatoms. The summed E-state index contributed by atoms with van der Waals surface area (Å²) in [7, 11) is 0. The minimum Gasteiger partial charge on any atom is -0.480 e. The van der Waals surface area contributed by atoms with E-state index in [2.05, 4.69) is 0 Å². The number of likely N-dealkylation sites (tertiary alicyclic amines) is 1. The number of carboxylic acids is 1. The normalized spacial score (nSPS) is 30.9. The van der Waals surface area contributed by atoms with Crippen LogP contribution in [0.15, 0.2) is 0 Å². The molecule has 0 saturated carbocycles. The first-order valence-electron chi connectivity index (χ1n) is 6.71. The predicted octanol–water partition coefficient (Wildman–Crippen LogP) is 0.768. The molecule has 2 saturated heterocycles. The first-order valence-corrected chi connectivity index (χ1v) is 7.76. The fourth-order valence-corrected chi connectivity index (χ4v) is 4.11. The highest BCUT2D eigenvalue weighted by atomic mass is 32.2. The number of hydrogen-bond acceptors (Lipinski definition) is 4. The van der Waals surface area contributed by atoms with E-state index in [1.165, 1.54) is 0 Å². The second-order valence-electron chi connectivity index (χ2n) is 5.12. The van der Waals surface area contributed by atoms with E-state index in [0.29, 0.717) is 18.8 Å². The lowest BCUT2D eigenvalue weighted by Gasteiger charge is -2.31. The van der Waals surface area contributed by atoms with Crippen LogP contribution in [-0.2, 0) is 4.79 Å². The van der Waals surface area contributed by atoms with E-state index in [4.69, 9.17) is 5.73 Å². The molecule has 0 aromatic heterocycles. The molecule has 0 aromatic carbocycles. The van der Waals surface area contributed by atoms with Crippen LogP contribution in [0.3, 0.4) is 0 Å². The van der Waals surface area contributed by atoms with E-state index < -0.39 is 12.0 Å². The van der Waals surface area contributed by atoms with Crippen molar-refractivity contribution < 1.29 is 14.7 Å². The minimum atomic E-state index is -0.914. The van der Waals surface area contributed by atoms with Gasteiger partial charge in [0.1, 0.15) is 6.04 Å². The van der Waals surface area contributed by atoms with Gasteiger partial charge in [0.25, 0.3) is 0 Å². The van der Waals surface area contributed by atoms with Crippen molar-refractivity contribution in [3.05, 3.63) is 0 Å². The number of urea groups is 1. The highest BCUT2D eigenvalue weighted by molar-refractivity contribution is 8.00. The molecule has 108 valence electrons. The second-order valence-corrected chi connectivity index (χ2v) is 6.33. The van der Waals surface area contributed by atoms with Gasteiger partial charge in [0.05, 0.1) is 5.37 Å². The molecule has 2 rings (SSSR count). The van der Waals surface area contributed by atoms with Crippen molar-refractivity contribution in [1.82, 2.24) is 9.80 Å². The van der Waals surface area contributed by atoms with Crippen LogP contribution in [0.25, 0.3) is 0 Å². The summed E-state index contributed by atoms with van der Waals surface area (Å²) >= 11 is 1.57. The molecule has 3 N–H and O–H groups in total. The van der Waals surface area contributed by atoms with Crippen LogP contribution >= 0.6 is 11.8 Å². The van der Waals surface area contributed by atoms with Gasteiger partial charge in [0.15, 0.2) is 0 Å². The molecule has 2 heterocycles. The average Bonchev–Trinajstić information content (AvgIpc) is 2.95. The van der Waals surface area contributed by atoms with Crippen LogP contribution in [0.5, 0.6) is 0 Å². The summed E-state index contributed by atoms with van der Waals surface area (Å²) in [6, 6.07) is -0.846. The summed E-state index contributed by atoms with van der Waals surface area (Å²) in [6.45, 7) is 3.21. The Morgan fingerprint density at radius 3 is 2.74 bits per heavy atom. The Balaban J connectivity index is 2.11. The molecule has 2 aliphatic heterocycles. The van der Waals surface area contributed by atoms with E-state index in [0.717, 1.165) is 19.3 Å². The fourth-order valence-electron chi connectivity index (χ4n) is 2.60. The Kier molecular flexibility index (Phi) is 4.57. The quantitative estimate of drug-likeness (QED) is 0.800. The standard InChI is InChI=1S/C12H21N3O3S/c1-2-3-10-15(9(7-19-10)11(16)17)12(18)14-5-4-8(13)6-14/h8-10H,2-7,13H2,1H3,(H,16,17). The van der Waals surface area contributed by atoms with Crippen molar-refractivity contribution in [2.24, 2.45) is 5.73 Å². The molecule has 2 aliphatic rings. The largest absolute Gasteiger partial charge is 0.480 e. The van der Waals surface area contributed by atoms with Gasteiger partial charge in [-0.25, -0.2) is 9.59 Å². The number of amides is 2. The Morgan fingerprint density at radius 1 is 1.47 bits per heavy atom. The lowest BCUT2D eigenvalue weighted by molar-refractivity contribution is -0.141. The monoisotopic (exact) mass is 287 g/mol. The molecular weight excluding hydrogens is 266 g/mol. The average molecular weight is 287 g/mol. The van der Waals surface area contributed by atoms with Gasteiger partial charge in [0, 0.05) is 24.9 Å². The van der Waals surface area contributed by atoms with Gasteiger partial charge in [-0.05, 0) is 12.8 Å². The molecule has 3 atom stereocenters. The molecule has 2 fully saturated rings. The number of carbonyl (C=O) groups excluding carboxylic acids is 1. The van der Waals surface area contributed by atoms with E-state index >= 15 is 0 Å². The zero-order chi connectivity index (χ0) is 14.0. The summed E-state index contributed by atoms with van der Waals surface area (Å²) in [4.78, 5) is 27.0. The van der Waals surface area contributed by atoms with E-state index in [-0.39, 0.29) is 17.4 Å². The number of aliphatic carboxylic acids is 1. The van der Waals surface area contributed by atoms with Gasteiger partial charge >= 0.3 is 12.0 Å². The van der Waals surface area contributed by atoms with Crippen LogP contribution in [-0.4, -0.2) is 63.2 Å². The lowest BCUT2D eigenvalue weighted by atomic mass is 10.2. The van der Waals surface area contributed by atoms with Gasteiger partial charge in [-0.2, -0.15) is 0 Å². The number of nitrogens with two attached hydrogens (primary N) is 1. The molecule has 2 amide bonds. The van der Waals surface area contributed by atoms with Gasteiger partial charge in [0.2, 0.25) is 0 Å². The number of thioether (sulfide) groups is 1. The van der Waals surface area contributed by atoms with Gasteiger partial charge in [-0.1, -0.05) is 13.3 Å². The Labute approximate surface area is 117 Å². The number of hydrogen-bond donors (Lipinski definition) is 2. The third-order valence-electron chi connectivity index (χ3n) is 3.63. The van der Waals surface area contributed by atoms with Crippen molar-refractivity contribution in [3.63, 3.8) is 0 Å². The lowest BCUT2D eigenvalue weighted by Crippen LogP contribution is -2.51. The third kappa shape index (κ3) is 2.97. The van der Waals surface area contributed by atoms with E-state index in [1.807, 2.05) is 6.92 Å². The maximum absolute atomic E-state index is 12.5. The van der Waals surface area contributed by atoms with Crippen molar-refractivity contribution in [3.8, 4) is 0 Å². The molecule has 6 nitrogen and oxygen atoms in total. The maximum atomic E-state index is 12.5. The van der Waals surface area contributed by atoms with Gasteiger partial charge in [-0.3, -0.25) is 4.90 Å². The first-order chi connectivity index (χ1) is 9.04. The topological polar surface area (TPSA) is 86.9 Å². The molecule has 0 radical (unpaired) electrons. The van der Waals surface area contributed by atoms with Crippen molar-refractivity contribution >= 4 is 23.8 Å². The summed E-state index contributed by atoms with van der Waals surface area (Å²) in [5.41, 5.74) is 5.82. The minimum absolute atomic E-state index is 0.0181. The van der Waals surface area contributed by atoms with Crippen LogP contribution in [0.2, 0.25) is 0 Å². The highest BCUT2D eigenvalue weighted by Crippen LogP contribution is 2.33. The van der Waals surface area contributed by atoms with Crippen LogP contribution in [0.4, 0.5) is 4.79 Å². The molecule has 0 aliphatic carbocycles. The number of carbonyl (C=O) groups is 2. The number of nitrogens with zero attached hydrogens (tertiary/aromatic N) is 2. The van der Waals surface area contributed by atoms with E-state index in [1.54, 1.807) is 21.6 Å². The Morgan fingerprint density at radius 2 is 2.21 bits per heavy atom. The van der Waals surface area contributed by atoms with Gasteiger partial charge in [-0.15, -0.1) is 11.8 Å². The predicted molar refractivity (Wildman–Crippen MR) is 74.0 cm³/mol. The SMILES string of the molecule is CCCC1SCC(C(=O)O)N1C(=O)N1CCC(N)C1. The highest BCUT2D eigenvalue weighted by Gasteiger charge is 2.43. The van der Waals surface area contributed by atoms with Crippen LogP contribution in [0, 0.1) is 0 Å². The molecule has 3 unspecified atom stereocenters. The molecular formula is C12H21N3O3S. The molecule has 19 heavy (non-hydrogen) atoms. The van der Waals surface area contributed by atoms with E-state index in [9.17, 15) is 14.7 Å². The molecule has 0 spiro atoms. The molecule has 0 aromatic rings. The summed E-state index contributed by atoms with van der Waals surface area (Å²) in [6.07, 6.45) is 2.57. The third-order valence-corrected chi connectivity index (χ3v) is 4.99. The zero-order valence-electron chi connectivity index (χ0n) is 11.1. The maximum Gasteiger partial charge on any atom is 0.327 e. The zero-order valence-corrected chi connectivity index (χ0v) is 11.9. The van der Waals surface area contributed by atoms with Crippen LogP contribution < -0.4 is 5.73 Å². The first kappa shape index (κ1) is 14.5. The fraction of sp³-hybridized carbons (Fsp3) is 0.833. The Bertz CT molecular complexity index is 366. The van der Waals surface area contributed by atoms with Gasteiger partial charge < -0.3 is 15.7 Å². The van der Waals surface area contributed by atoms with Crippen molar-refractivity contribution in [2.75, 3.05) is 18.8 Å². The summed E-state index contributed by atoms with van der Waals surface area (Å²) in [5, 5.41) is 9.24. The van der Waals surface area contributed by atoms with Crippen LogP contribution in [0.1, 0.15) is 26.2 Å². The Hall–Kier alpha value is -0.950. The smallest absolute Gasteiger partial charge is 0.327 e. The van der Waals surface area contributed by atoms with Crippen molar-refractivity contribution in [2.45, 2.75) is 43.6 Å². The molecule has 0 bridgehead atoms. The summed E-state index contributed by atoms with van der Waals surface area (Å²) < 4.78 is 0. The number of rotatable bonds is 3. The second kappa shape index (κ2) is 6.00. The van der Waals surface area contributed by atoms with Crippen molar-refractivity contribution in [1.29, 1.82) is 0 Å². The summed E-state index contributed by atoms with van der Waals surface area (Å²) in [5.74, 6) is -0.436.